The Labute approximate surface area is 272 Å². The van der Waals surface area contributed by atoms with E-state index in [2.05, 4.69) is 16.8 Å². The number of aryl methyl sites for hydroxylation is 1. The SMILES string of the molecule is C=CCN1CC(=O)N2[C@@H](Cc3ccc(OS(N)(=O)=O)cc3)C(=O)N(Cc3cccc4cn[nH]c34)C[C@@H]2N1C(=O)CCc1ccccc1. The van der Waals surface area contributed by atoms with Crippen molar-refractivity contribution < 1.29 is 27.0 Å². The Hall–Kier alpha value is -5.05. The average Bonchev–Trinajstić information content (AvgIpc) is 3.53. The number of carbonyl (C=O) groups is 3. The number of carbonyl (C=O) groups excluding carboxylic acids is 3. The molecule has 3 amide bonds. The number of H-pyrrole nitrogens is 1. The fraction of sp³-hybridized carbons (Fsp3) is 0.273. The molecule has 6 rings (SSSR count). The Kier molecular flexibility index (Phi) is 9.07. The van der Waals surface area contributed by atoms with E-state index >= 15 is 0 Å². The summed E-state index contributed by atoms with van der Waals surface area (Å²) < 4.78 is 27.5. The van der Waals surface area contributed by atoms with Crippen LogP contribution in [0.5, 0.6) is 5.75 Å². The monoisotopic (exact) mass is 657 g/mol. The number of piperazine rings is 1. The summed E-state index contributed by atoms with van der Waals surface area (Å²) in [6, 6.07) is 20.6. The van der Waals surface area contributed by atoms with Crippen LogP contribution in [-0.4, -0.2) is 88.0 Å². The molecule has 0 spiro atoms. The van der Waals surface area contributed by atoms with E-state index in [4.69, 9.17) is 9.32 Å². The number of nitrogens with zero attached hydrogens (tertiary/aromatic N) is 5. The van der Waals surface area contributed by atoms with Gasteiger partial charge in [0.25, 0.3) is 0 Å². The van der Waals surface area contributed by atoms with Gasteiger partial charge in [-0.3, -0.25) is 19.5 Å². The Morgan fingerprint density at radius 1 is 1.04 bits per heavy atom. The number of amides is 3. The van der Waals surface area contributed by atoms with Crippen molar-refractivity contribution >= 4 is 38.9 Å². The van der Waals surface area contributed by atoms with Gasteiger partial charge in [0.2, 0.25) is 17.7 Å². The third kappa shape index (κ3) is 7.04. The van der Waals surface area contributed by atoms with Crippen LogP contribution in [0.4, 0.5) is 0 Å². The fourth-order valence-electron chi connectivity index (χ4n) is 6.32. The number of fused-ring (bicyclic) bond motifs is 2. The molecule has 2 atom stereocenters. The molecule has 244 valence electrons. The van der Waals surface area contributed by atoms with Gasteiger partial charge in [0.05, 0.1) is 24.8 Å². The number of hydrazine groups is 1. The molecule has 2 fully saturated rings. The van der Waals surface area contributed by atoms with Crippen LogP contribution in [0.2, 0.25) is 0 Å². The lowest BCUT2D eigenvalue weighted by atomic mass is 9.97. The summed E-state index contributed by atoms with van der Waals surface area (Å²) >= 11 is 0. The molecule has 13 nitrogen and oxygen atoms in total. The van der Waals surface area contributed by atoms with Crippen molar-refractivity contribution in [2.75, 3.05) is 19.6 Å². The number of para-hydroxylation sites is 1. The van der Waals surface area contributed by atoms with Crippen LogP contribution >= 0.6 is 0 Å². The summed E-state index contributed by atoms with van der Waals surface area (Å²) in [7, 11) is -4.21. The van der Waals surface area contributed by atoms with E-state index in [9.17, 15) is 22.8 Å². The standard InChI is InChI=1S/C33H35N7O6S/c1-2-17-38-22-31(42)39-28(18-24-11-14-27(15-12-24)46-47(34,44)45)33(43)37(20-26-10-6-9-25-19-35-36-32(25)26)21-29(39)40(38)30(41)16-13-23-7-4-3-5-8-23/h2-12,14-15,19,28-29H,1,13,16-18,20-22H2,(H,35,36)(H2,34,44,45)/t28-,29-/m0/s1. The second kappa shape index (κ2) is 13.4. The smallest absolute Gasteiger partial charge is 0.371 e. The molecule has 2 aliphatic rings. The van der Waals surface area contributed by atoms with Gasteiger partial charge in [-0.15, -0.1) is 6.58 Å². The van der Waals surface area contributed by atoms with Crippen LogP contribution in [0, 0.1) is 0 Å². The third-order valence-electron chi connectivity index (χ3n) is 8.38. The maximum Gasteiger partial charge on any atom is 0.380 e. The molecule has 0 bridgehead atoms. The predicted molar refractivity (Wildman–Crippen MR) is 173 cm³/mol. The Morgan fingerprint density at radius 3 is 2.53 bits per heavy atom. The summed E-state index contributed by atoms with van der Waals surface area (Å²) in [5.41, 5.74) is 3.32. The van der Waals surface area contributed by atoms with Crippen molar-refractivity contribution in [1.82, 2.24) is 30.0 Å². The average molecular weight is 658 g/mol. The van der Waals surface area contributed by atoms with Crippen LogP contribution in [-0.2, 0) is 44.1 Å². The third-order valence-corrected chi connectivity index (χ3v) is 8.81. The number of hydrogen-bond donors (Lipinski definition) is 2. The molecule has 3 heterocycles. The number of aromatic nitrogens is 2. The zero-order valence-electron chi connectivity index (χ0n) is 25.6. The van der Waals surface area contributed by atoms with E-state index in [1.807, 2.05) is 48.5 Å². The first-order chi connectivity index (χ1) is 22.6. The maximum atomic E-state index is 14.3. The molecule has 0 radical (unpaired) electrons. The number of aromatic amines is 1. The first kappa shape index (κ1) is 31.9. The summed E-state index contributed by atoms with van der Waals surface area (Å²) in [6.45, 7) is 4.33. The van der Waals surface area contributed by atoms with Crippen LogP contribution in [0.3, 0.4) is 0 Å². The normalized spacial score (nSPS) is 18.8. The van der Waals surface area contributed by atoms with Crippen LogP contribution in [0.25, 0.3) is 10.9 Å². The minimum atomic E-state index is -4.21. The van der Waals surface area contributed by atoms with Crippen molar-refractivity contribution in [1.29, 1.82) is 0 Å². The van der Waals surface area contributed by atoms with Gasteiger partial charge in [0.15, 0.2) is 0 Å². The van der Waals surface area contributed by atoms with E-state index in [1.54, 1.807) is 39.3 Å². The molecule has 3 aromatic carbocycles. The maximum absolute atomic E-state index is 14.3. The van der Waals surface area contributed by atoms with Crippen molar-refractivity contribution in [2.24, 2.45) is 5.14 Å². The largest absolute Gasteiger partial charge is 0.380 e. The van der Waals surface area contributed by atoms with Gasteiger partial charge in [-0.2, -0.15) is 18.7 Å². The van der Waals surface area contributed by atoms with E-state index in [-0.39, 0.29) is 62.5 Å². The Bertz CT molecular complexity index is 1900. The van der Waals surface area contributed by atoms with Gasteiger partial charge in [0, 0.05) is 31.3 Å². The van der Waals surface area contributed by atoms with Crippen LogP contribution in [0.1, 0.15) is 23.1 Å². The molecular weight excluding hydrogens is 622 g/mol. The molecule has 1 aromatic heterocycles. The lowest BCUT2D eigenvalue weighted by Crippen LogP contribution is -2.75. The predicted octanol–water partition coefficient (Wildman–Crippen LogP) is 2.13. The van der Waals surface area contributed by atoms with Crippen molar-refractivity contribution in [3.8, 4) is 5.75 Å². The minimum Gasteiger partial charge on any atom is -0.371 e. The second-order valence-corrected chi connectivity index (χ2v) is 12.7. The molecular formula is C33H35N7O6S. The highest BCUT2D eigenvalue weighted by Crippen LogP contribution is 2.31. The van der Waals surface area contributed by atoms with E-state index < -0.39 is 22.5 Å². The second-order valence-electron chi connectivity index (χ2n) is 11.6. The Morgan fingerprint density at radius 2 is 1.81 bits per heavy atom. The molecule has 2 aliphatic heterocycles. The highest BCUT2D eigenvalue weighted by molar-refractivity contribution is 7.84. The van der Waals surface area contributed by atoms with Gasteiger partial charge in [-0.25, -0.2) is 10.0 Å². The molecule has 0 saturated carbocycles. The first-order valence-electron chi connectivity index (χ1n) is 15.1. The van der Waals surface area contributed by atoms with E-state index in [1.165, 1.54) is 17.0 Å². The number of rotatable bonds is 11. The zero-order chi connectivity index (χ0) is 33.1. The van der Waals surface area contributed by atoms with E-state index in [0.717, 1.165) is 22.0 Å². The summed E-state index contributed by atoms with van der Waals surface area (Å²) in [5, 5.41) is 16.4. The Balaban J connectivity index is 1.35. The minimum absolute atomic E-state index is 0.0164. The highest BCUT2D eigenvalue weighted by atomic mass is 32.2. The first-order valence-corrected chi connectivity index (χ1v) is 16.6. The summed E-state index contributed by atoms with van der Waals surface area (Å²) in [4.78, 5) is 45.4. The molecule has 4 aromatic rings. The van der Waals surface area contributed by atoms with Gasteiger partial charge >= 0.3 is 10.3 Å². The van der Waals surface area contributed by atoms with Crippen molar-refractivity contribution in [3.05, 3.63) is 108 Å². The van der Waals surface area contributed by atoms with Crippen molar-refractivity contribution in [2.45, 2.75) is 38.0 Å². The topological polar surface area (TPSA) is 162 Å². The van der Waals surface area contributed by atoms with Crippen LogP contribution < -0.4 is 9.32 Å². The lowest BCUT2D eigenvalue weighted by molar-refractivity contribution is -0.205. The van der Waals surface area contributed by atoms with Gasteiger partial charge in [0.1, 0.15) is 18.0 Å². The number of nitrogens with one attached hydrogen (secondary N) is 1. The zero-order valence-corrected chi connectivity index (χ0v) is 26.4. The van der Waals surface area contributed by atoms with Gasteiger partial charge in [-0.05, 0) is 35.2 Å². The lowest BCUT2D eigenvalue weighted by Gasteiger charge is -2.55. The number of hydrogen-bond acceptors (Lipinski definition) is 8. The molecule has 14 heteroatoms. The molecule has 2 saturated heterocycles. The molecule has 47 heavy (non-hydrogen) atoms. The van der Waals surface area contributed by atoms with E-state index in [0.29, 0.717) is 12.0 Å². The fourth-order valence-corrected chi connectivity index (χ4v) is 6.70. The summed E-state index contributed by atoms with van der Waals surface area (Å²) in [6.07, 6.45) is 3.43. The quantitative estimate of drug-likeness (QED) is 0.232. The summed E-state index contributed by atoms with van der Waals surface area (Å²) in [5.74, 6) is -0.717. The van der Waals surface area contributed by atoms with Gasteiger partial charge in [-0.1, -0.05) is 66.7 Å². The van der Waals surface area contributed by atoms with Crippen LogP contribution in [0.15, 0.2) is 91.6 Å². The van der Waals surface area contributed by atoms with Gasteiger partial charge < -0.3 is 14.0 Å². The number of benzene rings is 3. The number of nitrogens with two attached hydrogens (primary N) is 1. The molecule has 3 N–H and O–H groups in total. The highest BCUT2D eigenvalue weighted by Gasteiger charge is 2.51. The molecule has 0 aliphatic carbocycles. The molecule has 0 unspecified atom stereocenters. The van der Waals surface area contributed by atoms with Crippen molar-refractivity contribution in [3.63, 3.8) is 0 Å².